The number of carboxylic acid groups (broad SMARTS) is 1. The van der Waals surface area contributed by atoms with E-state index in [0.717, 1.165) is 6.26 Å². The van der Waals surface area contributed by atoms with Crippen LogP contribution in [0.2, 0.25) is 0 Å². The number of nitrogens with two attached hydrogens (primary N) is 1. The molecule has 14 heteroatoms. The van der Waals surface area contributed by atoms with Gasteiger partial charge in [0, 0.05) is 37.5 Å². The van der Waals surface area contributed by atoms with Crippen molar-refractivity contribution >= 4 is 27.6 Å². The van der Waals surface area contributed by atoms with E-state index in [2.05, 4.69) is 15.3 Å². The molecule has 5 rings (SSSR count). The summed E-state index contributed by atoms with van der Waals surface area (Å²) in [6.07, 6.45) is -4.43. The van der Waals surface area contributed by atoms with Crippen molar-refractivity contribution in [3.05, 3.63) is 59.7 Å². The molecule has 0 amide bonds. The minimum atomic E-state index is -4.87. The summed E-state index contributed by atoms with van der Waals surface area (Å²) in [6, 6.07) is 10.8. The van der Waals surface area contributed by atoms with Gasteiger partial charge in [0.15, 0.2) is 9.84 Å². The van der Waals surface area contributed by atoms with Gasteiger partial charge in [-0.25, -0.2) is 8.42 Å². The number of carbonyl (C=O) groups is 1. The van der Waals surface area contributed by atoms with Crippen molar-refractivity contribution in [3.63, 3.8) is 0 Å². The number of rotatable bonds is 7. The number of aryl methyl sites for hydroxylation is 1. The molecule has 3 aromatic rings. The topological polar surface area (TPSA) is 148 Å². The molecule has 0 aliphatic carbocycles. The Labute approximate surface area is 247 Å². The summed E-state index contributed by atoms with van der Waals surface area (Å²) in [5.74, 6) is -1.20. The number of hydrogen-bond donors (Lipinski definition) is 3. The Morgan fingerprint density at radius 1 is 1.16 bits per heavy atom. The Hall–Kier alpha value is -3.91. The molecular weight excluding hydrogens is 587 g/mol. The number of anilines is 2. The average Bonchev–Trinajstić information content (AvgIpc) is 3.35. The fraction of sp³-hybridized carbons (Fsp3) is 0.414. The van der Waals surface area contributed by atoms with Crippen LogP contribution in [-0.2, 0) is 14.6 Å². The Morgan fingerprint density at radius 2 is 1.88 bits per heavy atom. The number of nitrogen functional groups attached to an aromatic ring is 1. The van der Waals surface area contributed by atoms with E-state index in [1.807, 2.05) is 4.90 Å². The molecular formula is C29H32F3N5O5S. The van der Waals surface area contributed by atoms with E-state index in [4.69, 9.17) is 10.5 Å². The van der Waals surface area contributed by atoms with Gasteiger partial charge in [-0.1, -0.05) is 35.9 Å². The molecule has 1 spiro atoms. The van der Waals surface area contributed by atoms with Crippen LogP contribution in [-0.4, -0.2) is 67.6 Å². The number of piperidine rings is 1. The number of hydrogen-bond acceptors (Lipinski definition) is 9. The number of halogens is 3. The molecule has 2 atom stereocenters. The van der Waals surface area contributed by atoms with Gasteiger partial charge in [-0.2, -0.15) is 23.1 Å². The van der Waals surface area contributed by atoms with Crippen molar-refractivity contribution in [1.82, 2.24) is 15.3 Å². The Balaban J connectivity index is 1.44. The van der Waals surface area contributed by atoms with Gasteiger partial charge >= 0.3 is 12.1 Å². The SMILES string of the molecule is Cc1ccc([C@@H](Oc2cc(N3CCC4(CC3)CN[C@H](C(=O)O)C4)nc(N)n2)C(F)(F)F)c(-c2cccc(S(C)(=O)=O)c2)c1. The molecule has 2 aliphatic rings. The van der Waals surface area contributed by atoms with Crippen molar-refractivity contribution in [2.75, 3.05) is 36.5 Å². The first-order chi connectivity index (χ1) is 20.1. The van der Waals surface area contributed by atoms with Gasteiger partial charge in [-0.05, 0) is 54.9 Å². The number of benzene rings is 2. The van der Waals surface area contributed by atoms with Crippen molar-refractivity contribution in [2.24, 2.45) is 5.41 Å². The first-order valence-electron chi connectivity index (χ1n) is 13.6. The fourth-order valence-electron chi connectivity index (χ4n) is 5.81. The molecule has 230 valence electrons. The number of aliphatic carboxylic acids is 1. The van der Waals surface area contributed by atoms with Crippen LogP contribution in [0, 0.1) is 12.3 Å². The Morgan fingerprint density at radius 3 is 2.51 bits per heavy atom. The highest BCUT2D eigenvalue weighted by Crippen LogP contribution is 2.43. The maximum absolute atomic E-state index is 14.6. The zero-order chi connectivity index (χ0) is 31.2. The highest BCUT2D eigenvalue weighted by Gasteiger charge is 2.46. The molecule has 0 radical (unpaired) electrons. The number of alkyl halides is 3. The monoisotopic (exact) mass is 619 g/mol. The molecule has 2 aromatic carbocycles. The van der Waals surface area contributed by atoms with Crippen LogP contribution >= 0.6 is 0 Å². The molecule has 2 fully saturated rings. The molecule has 2 aliphatic heterocycles. The van der Waals surface area contributed by atoms with Gasteiger partial charge in [-0.15, -0.1) is 0 Å². The number of ether oxygens (including phenoxy) is 1. The van der Waals surface area contributed by atoms with Crippen LogP contribution in [0.3, 0.4) is 0 Å². The third-order valence-electron chi connectivity index (χ3n) is 8.11. The zero-order valence-electron chi connectivity index (χ0n) is 23.6. The number of carboxylic acids is 1. The van der Waals surface area contributed by atoms with Crippen molar-refractivity contribution < 1.29 is 36.2 Å². The number of nitrogens with one attached hydrogen (secondary N) is 1. The predicted molar refractivity (Wildman–Crippen MR) is 154 cm³/mol. The Kier molecular flexibility index (Phi) is 8.03. The molecule has 0 bridgehead atoms. The van der Waals surface area contributed by atoms with Gasteiger partial charge in [0.05, 0.1) is 4.90 Å². The smallest absolute Gasteiger partial charge is 0.429 e. The molecule has 2 saturated heterocycles. The summed E-state index contributed by atoms with van der Waals surface area (Å²) < 4.78 is 73.7. The van der Waals surface area contributed by atoms with E-state index in [0.29, 0.717) is 50.3 Å². The maximum Gasteiger partial charge on any atom is 0.429 e. The standard InChI is InChI=1S/C29H32F3N5O5S/c1-17-6-7-20(21(12-17)18-4-3-5-19(13-18)43(2,40)41)25(29(30,31)32)42-24-14-23(35-27(33)36-24)37-10-8-28(9-11-37)15-22(26(38)39)34-16-28/h3-7,12-14,22,25,34H,8-11,15-16H2,1-2H3,(H,38,39)(H2,33,35,36)/t22-,25+/m0/s1. The predicted octanol–water partition coefficient (Wildman–Crippen LogP) is 4.15. The van der Waals surface area contributed by atoms with Crippen molar-refractivity contribution in [1.29, 1.82) is 0 Å². The van der Waals surface area contributed by atoms with Crippen LogP contribution in [0.1, 0.15) is 36.5 Å². The second kappa shape index (κ2) is 11.3. The van der Waals surface area contributed by atoms with Gasteiger partial charge in [-0.3, -0.25) is 4.79 Å². The second-order valence-corrected chi connectivity index (χ2v) is 13.3. The molecule has 3 heterocycles. The van der Waals surface area contributed by atoms with Crippen LogP contribution < -0.4 is 20.7 Å². The van der Waals surface area contributed by atoms with Crippen molar-refractivity contribution in [2.45, 2.75) is 49.4 Å². The van der Waals surface area contributed by atoms with Gasteiger partial charge in [0.2, 0.25) is 17.9 Å². The van der Waals surface area contributed by atoms with Gasteiger partial charge in [0.1, 0.15) is 11.9 Å². The molecule has 0 unspecified atom stereocenters. The summed E-state index contributed by atoms with van der Waals surface area (Å²) in [5.41, 5.74) is 6.65. The number of aromatic nitrogens is 2. The average molecular weight is 620 g/mol. The van der Waals surface area contributed by atoms with E-state index in [9.17, 15) is 31.5 Å². The van der Waals surface area contributed by atoms with Gasteiger partial charge in [0.25, 0.3) is 0 Å². The highest BCUT2D eigenvalue weighted by molar-refractivity contribution is 7.90. The summed E-state index contributed by atoms with van der Waals surface area (Å²) in [5, 5.41) is 12.4. The Bertz CT molecular complexity index is 1640. The summed E-state index contributed by atoms with van der Waals surface area (Å²) >= 11 is 0. The molecule has 43 heavy (non-hydrogen) atoms. The first kappa shape index (κ1) is 30.5. The lowest BCUT2D eigenvalue weighted by Gasteiger charge is -2.39. The third-order valence-corrected chi connectivity index (χ3v) is 9.22. The summed E-state index contributed by atoms with van der Waals surface area (Å²) in [6.45, 7) is 3.31. The van der Waals surface area contributed by atoms with E-state index in [1.54, 1.807) is 19.1 Å². The third kappa shape index (κ3) is 6.69. The molecule has 10 nitrogen and oxygen atoms in total. The minimum Gasteiger partial charge on any atom is -0.480 e. The largest absolute Gasteiger partial charge is 0.480 e. The molecule has 0 saturated carbocycles. The number of nitrogens with zero attached hydrogens (tertiary/aromatic N) is 3. The minimum absolute atomic E-state index is 0.0228. The molecule has 4 N–H and O–H groups in total. The maximum atomic E-state index is 14.6. The quantitative estimate of drug-likeness (QED) is 0.352. The fourth-order valence-corrected chi connectivity index (χ4v) is 6.47. The van der Waals surface area contributed by atoms with E-state index >= 15 is 0 Å². The molecule has 1 aromatic heterocycles. The lowest BCUT2D eigenvalue weighted by Crippen LogP contribution is -2.41. The highest BCUT2D eigenvalue weighted by atomic mass is 32.2. The first-order valence-corrected chi connectivity index (χ1v) is 15.5. The van der Waals surface area contributed by atoms with E-state index in [-0.39, 0.29) is 38.8 Å². The van der Waals surface area contributed by atoms with Crippen LogP contribution in [0.15, 0.2) is 53.4 Å². The van der Waals surface area contributed by atoms with Crippen LogP contribution in [0.4, 0.5) is 24.9 Å². The lowest BCUT2D eigenvalue weighted by molar-refractivity contribution is -0.198. The number of sulfone groups is 1. The zero-order valence-corrected chi connectivity index (χ0v) is 24.4. The normalized spacial score (nSPS) is 19.4. The summed E-state index contributed by atoms with van der Waals surface area (Å²) in [7, 11) is -3.61. The van der Waals surface area contributed by atoms with Gasteiger partial charge < -0.3 is 25.8 Å². The van der Waals surface area contributed by atoms with Crippen molar-refractivity contribution in [3.8, 4) is 17.0 Å². The van der Waals surface area contributed by atoms with E-state index in [1.165, 1.54) is 36.4 Å². The van der Waals surface area contributed by atoms with E-state index < -0.39 is 34.1 Å². The van der Waals surface area contributed by atoms with Crippen LogP contribution in [0.5, 0.6) is 5.88 Å². The summed E-state index contributed by atoms with van der Waals surface area (Å²) in [4.78, 5) is 21.4. The second-order valence-electron chi connectivity index (χ2n) is 11.3. The van der Waals surface area contributed by atoms with Crippen LogP contribution in [0.25, 0.3) is 11.1 Å². The lowest BCUT2D eigenvalue weighted by atomic mass is 9.76.